The van der Waals surface area contributed by atoms with E-state index in [2.05, 4.69) is 45.1 Å². The summed E-state index contributed by atoms with van der Waals surface area (Å²) >= 11 is 0. The fraction of sp³-hybridized carbons (Fsp3) is 0.904. The van der Waals surface area contributed by atoms with Crippen molar-refractivity contribution in [3.8, 4) is 0 Å². The standard InChI is InChI=1S/C73H138O6/c1-4-7-10-13-16-19-22-25-28-31-33-35-36-38-39-42-45-48-51-54-57-60-63-66-72(75)78-69-70(68-77-71(74)65-62-59-56-53-50-47-44-41-30-27-24-21-18-15-12-9-6-3)79-73(76)67-64-61-58-55-52-49-46-43-40-37-34-32-29-26-23-20-17-14-11-8-5-2/h22,25,31,33,70H,4-21,23-24,26-30,32,34-69H2,1-3H3/b25-22-,33-31-. The average Bonchev–Trinajstić information content (AvgIpc) is 3.45. The minimum Gasteiger partial charge on any atom is -0.462 e. The highest BCUT2D eigenvalue weighted by Crippen LogP contribution is 2.19. The average molecular weight is 1110 g/mol. The molecule has 1 unspecified atom stereocenters. The minimum atomic E-state index is -0.769. The lowest BCUT2D eigenvalue weighted by Gasteiger charge is -2.18. The zero-order chi connectivity index (χ0) is 57.1. The van der Waals surface area contributed by atoms with Crippen molar-refractivity contribution in [3.05, 3.63) is 24.3 Å². The Kier molecular flexibility index (Phi) is 66.6. The van der Waals surface area contributed by atoms with E-state index in [1.807, 2.05) is 0 Å². The van der Waals surface area contributed by atoms with Crippen molar-refractivity contribution in [2.45, 2.75) is 412 Å². The molecule has 0 bridgehead atoms. The molecule has 6 heteroatoms. The first-order chi connectivity index (χ1) is 39.0. The first kappa shape index (κ1) is 76.9. The van der Waals surface area contributed by atoms with Gasteiger partial charge < -0.3 is 14.2 Å². The van der Waals surface area contributed by atoms with E-state index in [4.69, 9.17) is 14.2 Å². The van der Waals surface area contributed by atoms with Crippen LogP contribution in [-0.4, -0.2) is 37.2 Å². The summed E-state index contributed by atoms with van der Waals surface area (Å²) in [4.78, 5) is 38.5. The highest BCUT2D eigenvalue weighted by atomic mass is 16.6. The number of carbonyl (C=O) groups is 3. The second kappa shape index (κ2) is 68.4. The minimum absolute atomic E-state index is 0.0646. The van der Waals surface area contributed by atoms with Gasteiger partial charge in [0.15, 0.2) is 6.10 Å². The molecule has 0 spiro atoms. The van der Waals surface area contributed by atoms with Gasteiger partial charge in [-0.05, 0) is 51.4 Å². The highest BCUT2D eigenvalue weighted by Gasteiger charge is 2.19. The molecule has 0 aliphatic heterocycles. The molecule has 0 heterocycles. The predicted molar refractivity (Wildman–Crippen MR) is 344 cm³/mol. The van der Waals surface area contributed by atoms with Gasteiger partial charge in [0.25, 0.3) is 0 Å². The van der Waals surface area contributed by atoms with Crippen molar-refractivity contribution in [3.63, 3.8) is 0 Å². The molecule has 0 fully saturated rings. The Balaban J connectivity index is 4.29. The van der Waals surface area contributed by atoms with E-state index in [1.165, 1.54) is 302 Å². The van der Waals surface area contributed by atoms with E-state index < -0.39 is 6.10 Å². The number of hydrogen-bond donors (Lipinski definition) is 0. The fourth-order valence-corrected chi connectivity index (χ4v) is 11.1. The quantitative estimate of drug-likeness (QED) is 0.0261. The maximum Gasteiger partial charge on any atom is 0.306 e. The van der Waals surface area contributed by atoms with E-state index in [-0.39, 0.29) is 31.1 Å². The largest absolute Gasteiger partial charge is 0.462 e. The third kappa shape index (κ3) is 66.6. The molecular weight excluding hydrogens is 973 g/mol. The van der Waals surface area contributed by atoms with Crippen LogP contribution in [0.2, 0.25) is 0 Å². The van der Waals surface area contributed by atoms with Crippen LogP contribution in [0.4, 0.5) is 0 Å². The van der Waals surface area contributed by atoms with Crippen molar-refractivity contribution in [1.29, 1.82) is 0 Å². The summed E-state index contributed by atoms with van der Waals surface area (Å²) in [6.45, 7) is 6.72. The smallest absolute Gasteiger partial charge is 0.306 e. The third-order valence-electron chi connectivity index (χ3n) is 16.5. The Bertz CT molecular complexity index is 1270. The fourth-order valence-electron chi connectivity index (χ4n) is 11.1. The molecule has 466 valence electrons. The topological polar surface area (TPSA) is 78.9 Å². The highest BCUT2D eigenvalue weighted by molar-refractivity contribution is 5.71. The number of ether oxygens (including phenoxy) is 3. The molecule has 0 aromatic rings. The number of allylic oxidation sites excluding steroid dienone is 4. The molecule has 1 atom stereocenters. The monoisotopic (exact) mass is 1110 g/mol. The van der Waals surface area contributed by atoms with E-state index in [9.17, 15) is 14.4 Å². The summed E-state index contributed by atoms with van der Waals surface area (Å²) < 4.78 is 17.0. The normalized spacial score (nSPS) is 12.1. The van der Waals surface area contributed by atoms with Crippen molar-refractivity contribution in [2.75, 3.05) is 13.2 Å². The van der Waals surface area contributed by atoms with Gasteiger partial charge in [-0.25, -0.2) is 0 Å². The van der Waals surface area contributed by atoms with Crippen LogP contribution in [0.5, 0.6) is 0 Å². The van der Waals surface area contributed by atoms with Gasteiger partial charge >= 0.3 is 17.9 Å². The molecule has 0 aliphatic rings. The van der Waals surface area contributed by atoms with Crippen LogP contribution in [0.25, 0.3) is 0 Å². The van der Waals surface area contributed by atoms with Crippen LogP contribution in [-0.2, 0) is 28.6 Å². The lowest BCUT2D eigenvalue weighted by molar-refractivity contribution is -0.167. The predicted octanol–water partition coefficient (Wildman–Crippen LogP) is 24.6. The van der Waals surface area contributed by atoms with Crippen LogP contribution in [0.1, 0.15) is 406 Å². The van der Waals surface area contributed by atoms with Crippen molar-refractivity contribution >= 4 is 17.9 Å². The zero-order valence-electron chi connectivity index (χ0n) is 53.7. The van der Waals surface area contributed by atoms with E-state index in [0.717, 1.165) is 64.2 Å². The van der Waals surface area contributed by atoms with Crippen LogP contribution >= 0.6 is 0 Å². The summed E-state index contributed by atoms with van der Waals surface area (Å²) in [5.74, 6) is -0.831. The summed E-state index contributed by atoms with van der Waals surface area (Å²) in [5, 5.41) is 0. The molecule has 0 aliphatic carbocycles. The molecule has 0 radical (unpaired) electrons. The van der Waals surface area contributed by atoms with Crippen molar-refractivity contribution < 1.29 is 28.6 Å². The molecule has 0 N–H and O–H groups in total. The van der Waals surface area contributed by atoms with Gasteiger partial charge in [0, 0.05) is 19.3 Å². The number of hydrogen-bond acceptors (Lipinski definition) is 6. The number of unbranched alkanes of at least 4 members (excludes halogenated alkanes) is 52. The zero-order valence-corrected chi connectivity index (χ0v) is 53.7. The van der Waals surface area contributed by atoms with Crippen LogP contribution in [0.3, 0.4) is 0 Å². The molecule has 0 rings (SSSR count). The molecular formula is C73H138O6. The van der Waals surface area contributed by atoms with Gasteiger partial charge in [0.1, 0.15) is 13.2 Å². The third-order valence-corrected chi connectivity index (χ3v) is 16.5. The Morgan fingerprint density at radius 2 is 0.456 bits per heavy atom. The van der Waals surface area contributed by atoms with Gasteiger partial charge in [-0.3, -0.25) is 14.4 Å². The van der Waals surface area contributed by atoms with Crippen LogP contribution < -0.4 is 0 Å². The van der Waals surface area contributed by atoms with Gasteiger partial charge in [0.05, 0.1) is 0 Å². The number of esters is 3. The molecule has 0 saturated carbocycles. The van der Waals surface area contributed by atoms with Gasteiger partial charge in [-0.15, -0.1) is 0 Å². The molecule has 0 aromatic heterocycles. The maximum absolute atomic E-state index is 13.0. The van der Waals surface area contributed by atoms with E-state index in [0.29, 0.717) is 19.3 Å². The first-order valence-corrected chi connectivity index (χ1v) is 35.8. The summed E-state index contributed by atoms with van der Waals surface area (Å²) in [7, 11) is 0. The summed E-state index contributed by atoms with van der Waals surface area (Å²) in [5.41, 5.74) is 0. The van der Waals surface area contributed by atoms with Gasteiger partial charge in [0.2, 0.25) is 0 Å². The first-order valence-electron chi connectivity index (χ1n) is 35.8. The molecule has 6 nitrogen and oxygen atoms in total. The Morgan fingerprint density at radius 3 is 0.696 bits per heavy atom. The van der Waals surface area contributed by atoms with Crippen LogP contribution in [0.15, 0.2) is 24.3 Å². The maximum atomic E-state index is 13.0. The van der Waals surface area contributed by atoms with Gasteiger partial charge in [-0.1, -0.05) is 360 Å². The molecule has 0 saturated heterocycles. The lowest BCUT2D eigenvalue weighted by Crippen LogP contribution is -2.30. The molecule has 79 heavy (non-hydrogen) atoms. The van der Waals surface area contributed by atoms with Gasteiger partial charge in [-0.2, -0.15) is 0 Å². The second-order valence-corrected chi connectivity index (χ2v) is 24.5. The summed E-state index contributed by atoms with van der Waals surface area (Å²) in [6.07, 6.45) is 83.4. The Morgan fingerprint density at radius 1 is 0.253 bits per heavy atom. The molecule has 0 aromatic carbocycles. The Labute approximate surface area is 493 Å². The number of carbonyl (C=O) groups excluding carboxylic acids is 3. The molecule has 0 amide bonds. The van der Waals surface area contributed by atoms with Crippen molar-refractivity contribution in [2.24, 2.45) is 0 Å². The van der Waals surface area contributed by atoms with Crippen molar-refractivity contribution in [1.82, 2.24) is 0 Å². The van der Waals surface area contributed by atoms with E-state index in [1.54, 1.807) is 0 Å². The number of rotatable bonds is 67. The van der Waals surface area contributed by atoms with E-state index >= 15 is 0 Å². The summed E-state index contributed by atoms with van der Waals surface area (Å²) in [6, 6.07) is 0. The lowest BCUT2D eigenvalue weighted by atomic mass is 10.0. The van der Waals surface area contributed by atoms with Crippen LogP contribution in [0, 0.1) is 0 Å². The Hall–Kier alpha value is -2.11. The second-order valence-electron chi connectivity index (χ2n) is 24.5. The SMILES string of the molecule is CCCCCCC/C=C\C/C=C\CCCCCCCCCCCCCC(=O)OCC(COC(=O)CCCCCCCCCCCCCCCCCCC)OC(=O)CCCCCCCCCCCCCCCCCCCCCCC.